The van der Waals surface area contributed by atoms with Crippen LogP contribution in [0.5, 0.6) is 0 Å². The molecule has 0 spiro atoms. The Labute approximate surface area is 113 Å². The van der Waals surface area contributed by atoms with Gasteiger partial charge in [-0.3, -0.25) is 18.7 Å². The summed E-state index contributed by atoms with van der Waals surface area (Å²) >= 11 is 0. The smallest absolute Gasteiger partial charge is 0.286 e. The van der Waals surface area contributed by atoms with Crippen molar-refractivity contribution >= 4 is 37.9 Å². The van der Waals surface area contributed by atoms with Crippen LogP contribution in [-0.4, -0.2) is 37.5 Å². The molecule has 1 aliphatic rings. The second-order valence-electron chi connectivity index (χ2n) is 3.86. The molecule has 0 aromatic heterocycles. The molecular formula is C10H6O8S2. The number of Topliss-reactive ketones (excluding diaryl/α,β-unsaturated/α-hetero) is 1. The van der Waals surface area contributed by atoms with Gasteiger partial charge in [0.15, 0.2) is 0 Å². The second-order valence-corrected chi connectivity index (χ2v) is 6.67. The number of carbonyl (C=O) groups excluding carboxylic acids is 2. The Morgan fingerprint density at radius 3 is 1.95 bits per heavy atom. The summed E-state index contributed by atoms with van der Waals surface area (Å²) in [6.07, 6.45) is 1.84. The first-order valence-corrected chi connectivity index (χ1v) is 7.79. The number of hydrogen-bond acceptors (Lipinski definition) is 6. The van der Waals surface area contributed by atoms with Crippen molar-refractivity contribution in [3.63, 3.8) is 0 Å². The Bertz CT molecular complexity index is 874. The number of rotatable bonds is 2. The van der Waals surface area contributed by atoms with Crippen molar-refractivity contribution in [3.8, 4) is 0 Å². The fourth-order valence-electron chi connectivity index (χ4n) is 1.70. The molecule has 0 radical (unpaired) electrons. The third-order valence-corrected chi connectivity index (χ3v) is 4.26. The summed E-state index contributed by atoms with van der Waals surface area (Å²) < 4.78 is 62.5. The van der Waals surface area contributed by atoms with Crippen molar-refractivity contribution in [2.75, 3.05) is 0 Å². The molecule has 2 N–H and O–H groups in total. The Balaban J connectivity index is 2.96. The van der Waals surface area contributed by atoms with Gasteiger partial charge in [-0.05, 0) is 23.8 Å². The third kappa shape index (κ3) is 2.41. The molecule has 8 nitrogen and oxygen atoms in total. The molecule has 1 aromatic carbocycles. The molecule has 0 aliphatic heterocycles. The van der Waals surface area contributed by atoms with Crippen LogP contribution in [-0.2, 0) is 25.0 Å². The van der Waals surface area contributed by atoms with Gasteiger partial charge in [0.25, 0.3) is 20.2 Å². The number of ketones is 2. The lowest BCUT2D eigenvalue weighted by Gasteiger charge is -2.13. The third-order valence-electron chi connectivity index (χ3n) is 2.55. The Morgan fingerprint density at radius 2 is 1.45 bits per heavy atom. The van der Waals surface area contributed by atoms with Gasteiger partial charge < -0.3 is 0 Å². The largest absolute Gasteiger partial charge is 0.295 e. The summed E-state index contributed by atoms with van der Waals surface area (Å²) in [6, 6.07) is 1.23. The summed E-state index contributed by atoms with van der Waals surface area (Å²) in [6.45, 7) is 0. The van der Waals surface area contributed by atoms with Gasteiger partial charge in [-0.15, -0.1) is 0 Å². The zero-order chi connectivity index (χ0) is 15.3. The van der Waals surface area contributed by atoms with Crippen LogP contribution in [0.25, 0.3) is 6.08 Å². The molecule has 0 amide bonds. The molecule has 1 aromatic rings. The minimum absolute atomic E-state index is 0.211. The summed E-state index contributed by atoms with van der Waals surface area (Å²) in [5.41, 5.74) is -0.843. The van der Waals surface area contributed by atoms with Crippen LogP contribution in [0.3, 0.4) is 0 Å². The molecule has 0 unspecified atom stereocenters. The maximum absolute atomic E-state index is 11.7. The number of allylic oxidation sites excluding steroid dienone is 1. The monoisotopic (exact) mass is 318 g/mol. The van der Waals surface area contributed by atoms with Gasteiger partial charge >= 0.3 is 0 Å². The van der Waals surface area contributed by atoms with E-state index in [0.717, 1.165) is 18.2 Å². The van der Waals surface area contributed by atoms with E-state index in [9.17, 15) is 26.4 Å². The van der Waals surface area contributed by atoms with Gasteiger partial charge in [-0.25, -0.2) is 0 Å². The molecule has 10 heteroatoms. The number of fused-ring (bicyclic) bond motifs is 1. The maximum Gasteiger partial charge on any atom is 0.295 e. The first-order valence-electron chi connectivity index (χ1n) is 4.91. The van der Waals surface area contributed by atoms with E-state index in [4.69, 9.17) is 9.11 Å². The highest BCUT2D eigenvalue weighted by Crippen LogP contribution is 2.28. The van der Waals surface area contributed by atoms with Crippen molar-refractivity contribution in [3.05, 3.63) is 29.3 Å². The van der Waals surface area contributed by atoms with Crippen molar-refractivity contribution in [2.45, 2.75) is 9.79 Å². The molecule has 0 atom stereocenters. The first-order chi connectivity index (χ1) is 9.01. The molecule has 2 rings (SSSR count). The number of benzene rings is 1. The van der Waals surface area contributed by atoms with E-state index in [1.807, 2.05) is 0 Å². The molecule has 106 valence electrons. The maximum atomic E-state index is 11.7. The van der Waals surface area contributed by atoms with Crippen LogP contribution in [0.2, 0.25) is 0 Å². The molecular weight excluding hydrogens is 312 g/mol. The van der Waals surface area contributed by atoms with E-state index < -0.39 is 47.2 Å². The molecule has 0 saturated heterocycles. The van der Waals surface area contributed by atoms with Crippen LogP contribution >= 0.6 is 0 Å². The minimum atomic E-state index is -4.97. The average molecular weight is 318 g/mol. The van der Waals surface area contributed by atoms with E-state index in [2.05, 4.69) is 0 Å². The van der Waals surface area contributed by atoms with Gasteiger partial charge in [0.1, 0.15) is 4.90 Å². The van der Waals surface area contributed by atoms with Crippen LogP contribution in [0.1, 0.15) is 15.9 Å². The Kier molecular flexibility index (Phi) is 3.13. The minimum Gasteiger partial charge on any atom is -0.286 e. The van der Waals surface area contributed by atoms with E-state index in [-0.39, 0.29) is 5.56 Å². The van der Waals surface area contributed by atoms with E-state index in [1.54, 1.807) is 0 Å². The van der Waals surface area contributed by atoms with Crippen molar-refractivity contribution in [1.82, 2.24) is 0 Å². The van der Waals surface area contributed by atoms with Crippen LogP contribution < -0.4 is 0 Å². The highest BCUT2D eigenvalue weighted by molar-refractivity contribution is 7.86. The van der Waals surface area contributed by atoms with Crippen molar-refractivity contribution in [1.29, 1.82) is 0 Å². The standard InChI is InChI=1S/C10H6O8S2/c11-7-2-1-5-3-6(19(13,14)15)4-8(20(16,17)18)9(5)10(7)12/h1-4H,(H,13,14,15)(H,16,17,18). The predicted octanol–water partition coefficient (Wildman–Crippen LogP) is -0.0414. The van der Waals surface area contributed by atoms with Gasteiger partial charge in [0, 0.05) is 0 Å². The van der Waals surface area contributed by atoms with Crippen molar-refractivity contribution in [2.24, 2.45) is 0 Å². The van der Waals surface area contributed by atoms with Crippen molar-refractivity contribution < 1.29 is 35.5 Å². The number of hydrogen-bond donors (Lipinski definition) is 2. The lowest BCUT2D eigenvalue weighted by Crippen LogP contribution is -2.21. The zero-order valence-corrected chi connectivity index (χ0v) is 11.1. The van der Waals surface area contributed by atoms with Gasteiger partial charge in [0.2, 0.25) is 11.6 Å². The van der Waals surface area contributed by atoms with E-state index in [1.165, 1.54) is 0 Å². The number of carbonyl (C=O) groups is 2. The second kappa shape index (κ2) is 4.31. The zero-order valence-electron chi connectivity index (χ0n) is 9.47. The summed E-state index contributed by atoms with van der Waals surface area (Å²) in [5.74, 6) is -2.21. The van der Waals surface area contributed by atoms with Crippen LogP contribution in [0, 0.1) is 0 Å². The normalized spacial score (nSPS) is 15.3. The molecule has 0 heterocycles. The van der Waals surface area contributed by atoms with Crippen LogP contribution in [0.4, 0.5) is 0 Å². The SMILES string of the molecule is O=C1C=Cc2cc(S(=O)(=O)O)cc(S(=O)(=O)O)c2C1=O. The summed E-state index contributed by atoms with van der Waals surface area (Å²) in [5, 5.41) is 0. The lowest BCUT2D eigenvalue weighted by molar-refractivity contribution is -0.110. The molecule has 0 bridgehead atoms. The van der Waals surface area contributed by atoms with E-state index >= 15 is 0 Å². The molecule has 0 saturated carbocycles. The van der Waals surface area contributed by atoms with Crippen LogP contribution in [0.15, 0.2) is 28.0 Å². The average Bonchev–Trinajstić information content (AvgIpc) is 2.30. The van der Waals surface area contributed by atoms with Gasteiger partial charge in [-0.2, -0.15) is 16.8 Å². The highest BCUT2D eigenvalue weighted by Gasteiger charge is 2.31. The van der Waals surface area contributed by atoms with E-state index in [0.29, 0.717) is 6.07 Å². The fourth-order valence-corrected chi connectivity index (χ4v) is 3.06. The molecule has 1 aliphatic carbocycles. The molecule has 20 heavy (non-hydrogen) atoms. The highest BCUT2D eigenvalue weighted by atomic mass is 32.2. The summed E-state index contributed by atoms with van der Waals surface area (Å²) in [4.78, 5) is 21.0. The molecule has 0 fully saturated rings. The Morgan fingerprint density at radius 1 is 0.850 bits per heavy atom. The van der Waals surface area contributed by atoms with Gasteiger partial charge in [-0.1, -0.05) is 6.08 Å². The first kappa shape index (κ1) is 14.5. The van der Waals surface area contributed by atoms with Gasteiger partial charge in [0.05, 0.1) is 10.5 Å². The topological polar surface area (TPSA) is 143 Å². The quantitative estimate of drug-likeness (QED) is 0.571. The summed E-state index contributed by atoms with van der Waals surface area (Å²) in [7, 11) is -9.72. The lowest BCUT2D eigenvalue weighted by atomic mass is 9.95. The fraction of sp³-hybridized carbons (Fsp3) is 0. The predicted molar refractivity (Wildman–Crippen MR) is 64.4 cm³/mol. The Hall–Kier alpha value is -1.88.